The van der Waals surface area contributed by atoms with E-state index in [1.165, 1.54) is 6.21 Å². The van der Waals surface area contributed by atoms with Crippen LogP contribution in [0.1, 0.15) is 0 Å². The predicted molar refractivity (Wildman–Crippen MR) is 39.8 cm³/mol. The topological polar surface area (TPSA) is 76.4 Å². The summed E-state index contributed by atoms with van der Waals surface area (Å²) < 4.78 is 0. The Labute approximate surface area is 64.5 Å². The maximum Gasteiger partial charge on any atom is 0.317 e. The molecule has 0 aromatic carbocycles. The van der Waals surface area contributed by atoms with E-state index in [0.717, 1.165) is 6.54 Å². The van der Waals surface area contributed by atoms with Crippen LogP contribution in [0.4, 0.5) is 0 Å². The van der Waals surface area contributed by atoms with Gasteiger partial charge in [-0.05, 0) is 0 Å². The fraction of sp³-hybridized carbons (Fsp3) is 0.667. The van der Waals surface area contributed by atoms with Crippen LogP contribution in [0, 0.1) is 5.41 Å². The smallest absolute Gasteiger partial charge is 0.317 e. The van der Waals surface area contributed by atoms with Crippen LogP contribution in [-0.4, -0.2) is 48.0 Å². The van der Waals surface area contributed by atoms with Gasteiger partial charge in [0.05, 0.1) is 12.7 Å². The van der Waals surface area contributed by atoms with Gasteiger partial charge in [0.25, 0.3) is 0 Å². The highest BCUT2D eigenvalue weighted by atomic mass is 16.4. The maximum atomic E-state index is 10.3. The Morgan fingerprint density at radius 2 is 2.64 bits per heavy atom. The van der Waals surface area contributed by atoms with Gasteiger partial charge in [-0.25, -0.2) is 0 Å². The van der Waals surface area contributed by atoms with Crippen molar-refractivity contribution in [3.8, 4) is 0 Å². The first kappa shape index (κ1) is 8.16. The van der Waals surface area contributed by atoms with E-state index < -0.39 is 5.97 Å². The molecule has 0 aliphatic carbocycles. The number of carbonyl (C=O) groups is 1. The van der Waals surface area contributed by atoms with E-state index in [-0.39, 0.29) is 12.7 Å². The molecule has 1 atom stereocenters. The SMILES string of the molecule is N=CC1NCCN1CC(=O)O. The maximum absolute atomic E-state index is 10.3. The number of nitrogens with one attached hydrogen (secondary N) is 2. The van der Waals surface area contributed by atoms with Crippen molar-refractivity contribution in [2.75, 3.05) is 19.6 Å². The lowest BCUT2D eigenvalue weighted by molar-refractivity contribution is -0.138. The molecule has 1 saturated heterocycles. The summed E-state index contributed by atoms with van der Waals surface area (Å²) in [5.74, 6) is -0.847. The molecule has 1 rings (SSSR count). The third kappa shape index (κ3) is 1.99. The summed E-state index contributed by atoms with van der Waals surface area (Å²) in [6, 6.07) is 0. The molecule has 5 heteroatoms. The van der Waals surface area contributed by atoms with Gasteiger partial charge in [-0.15, -0.1) is 0 Å². The van der Waals surface area contributed by atoms with Crippen molar-refractivity contribution in [3.05, 3.63) is 0 Å². The van der Waals surface area contributed by atoms with Crippen LogP contribution in [-0.2, 0) is 4.79 Å². The zero-order chi connectivity index (χ0) is 8.27. The number of carboxylic acid groups (broad SMARTS) is 1. The van der Waals surface area contributed by atoms with E-state index in [2.05, 4.69) is 5.32 Å². The summed E-state index contributed by atoms with van der Waals surface area (Å²) in [5, 5.41) is 18.4. The monoisotopic (exact) mass is 157 g/mol. The van der Waals surface area contributed by atoms with Crippen LogP contribution in [0.15, 0.2) is 0 Å². The summed E-state index contributed by atoms with van der Waals surface area (Å²) in [7, 11) is 0. The highest BCUT2D eigenvalue weighted by Gasteiger charge is 2.23. The van der Waals surface area contributed by atoms with Crippen molar-refractivity contribution < 1.29 is 9.90 Å². The zero-order valence-electron chi connectivity index (χ0n) is 6.08. The first-order valence-electron chi connectivity index (χ1n) is 3.44. The molecular weight excluding hydrogens is 146 g/mol. The van der Waals surface area contributed by atoms with Crippen molar-refractivity contribution in [1.29, 1.82) is 5.41 Å². The minimum Gasteiger partial charge on any atom is -0.480 e. The summed E-state index contributed by atoms with van der Waals surface area (Å²) in [5.41, 5.74) is 0. The van der Waals surface area contributed by atoms with Crippen molar-refractivity contribution in [1.82, 2.24) is 10.2 Å². The fourth-order valence-corrected chi connectivity index (χ4v) is 1.14. The van der Waals surface area contributed by atoms with E-state index >= 15 is 0 Å². The molecule has 0 saturated carbocycles. The number of nitrogens with zero attached hydrogens (tertiary/aromatic N) is 1. The molecule has 0 aromatic heterocycles. The van der Waals surface area contributed by atoms with E-state index in [9.17, 15) is 4.79 Å². The third-order valence-corrected chi connectivity index (χ3v) is 1.64. The highest BCUT2D eigenvalue weighted by Crippen LogP contribution is 1.99. The Morgan fingerprint density at radius 1 is 1.91 bits per heavy atom. The van der Waals surface area contributed by atoms with Gasteiger partial charge in [0.2, 0.25) is 0 Å². The lowest BCUT2D eigenvalue weighted by atomic mass is 10.4. The van der Waals surface area contributed by atoms with Crippen LogP contribution in [0.25, 0.3) is 0 Å². The molecule has 1 fully saturated rings. The second kappa shape index (κ2) is 3.45. The van der Waals surface area contributed by atoms with Gasteiger partial charge in [0.1, 0.15) is 0 Å². The first-order chi connectivity index (χ1) is 5.24. The number of hydrogen-bond donors (Lipinski definition) is 3. The molecular formula is C6H11N3O2. The van der Waals surface area contributed by atoms with Gasteiger partial charge in [-0.1, -0.05) is 0 Å². The zero-order valence-corrected chi connectivity index (χ0v) is 6.08. The van der Waals surface area contributed by atoms with Crippen LogP contribution in [0.2, 0.25) is 0 Å². The molecule has 0 amide bonds. The van der Waals surface area contributed by atoms with Gasteiger partial charge in [-0.2, -0.15) is 0 Å². The van der Waals surface area contributed by atoms with Gasteiger partial charge >= 0.3 is 5.97 Å². The molecule has 3 N–H and O–H groups in total. The van der Waals surface area contributed by atoms with Gasteiger partial charge in [0, 0.05) is 19.3 Å². The van der Waals surface area contributed by atoms with Crippen LogP contribution in [0.3, 0.4) is 0 Å². The normalized spacial score (nSPS) is 25.3. The fourth-order valence-electron chi connectivity index (χ4n) is 1.14. The largest absolute Gasteiger partial charge is 0.480 e. The molecule has 0 radical (unpaired) electrons. The van der Waals surface area contributed by atoms with E-state index in [1.807, 2.05) is 0 Å². The van der Waals surface area contributed by atoms with Crippen molar-refractivity contribution in [3.63, 3.8) is 0 Å². The summed E-state index contributed by atoms with van der Waals surface area (Å²) in [4.78, 5) is 12.0. The van der Waals surface area contributed by atoms with Crippen LogP contribution < -0.4 is 5.32 Å². The standard InChI is InChI=1S/C6H11N3O2/c7-3-5-8-1-2-9(5)4-6(10)11/h3,5,7-8H,1-2,4H2,(H,10,11). The molecule has 0 aromatic rings. The summed E-state index contributed by atoms with van der Waals surface area (Å²) in [6.07, 6.45) is 1.03. The Morgan fingerprint density at radius 3 is 3.18 bits per heavy atom. The van der Waals surface area contributed by atoms with Gasteiger partial charge in [-0.3, -0.25) is 15.0 Å². The number of aliphatic carboxylic acids is 1. The Bertz CT molecular complexity index is 171. The van der Waals surface area contributed by atoms with Crippen molar-refractivity contribution in [2.24, 2.45) is 0 Å². The summed E-state index contributed by atoms with van der Waals surface area (Å²) in [6.45, 7) is 1.46. The molecule has 1 unspecified atom stereocenters. The quantitative estimate of drug-likeness (QED) is 0.457. The van der Waals surface area contributed by atoms with Gasteiger partial charge < -0.3 is 10.5 Å². The second-order valence-corrected chi connectivity index (χ2v) is 2.43. The average Bonchev–Trinajstić information content (AvgIpc) is 2.34. The molecule has 1 heterocycles. The lowest BCUT2D eigenvalue weighted by Crippen LogP contribution is -2.39. The van der Waals surface area contributed by atoms with Crippen molar-refractivity contribution >= 4 is 12.2 Å². The average molecular weight is 157 g/mol. The molecule has 62 valence electrons. The minimum absolute atomic E-state index is 0.00699. The minimum atomic E-state index is -0.847. The Balaban J connectivity index is 2.43. The number of rotatable bonds is 3. The second-order valence-electron chi connectivity index (χ2n) is 2.43. The van der Waals surface area contributed by atoms with Gasteiger partial charge in [0.15, 0.2) is 0 Å². The molecule has 0 bridgehead atoms. The molecule has 1 aliphatic rings. The Kier molecular flexibility index (Phi) is 2.56. The van der Waals surface area contributed by atoms with E-state index in [4.69, 9.17) is 10.5 Å². The highest BCUT2D eigenvalue weighted by molar-refractivity contribution is 5.70. The lowest BCUT2D eigenvalue weighted by Gasteiger charge is -2.16. The first-order valence-corrected chi connectivity index (χ1v) is 3.44. The summed E-state index contributed by atoms with van der Waals surface area (Å²) >= 11 is 0. The molecule has 11 heavy (non-hydrogen) atoms. The third-order valence-electron chi connectivity index (χ3n) is 1.64. The number of carboxylic acids is 1. The Hall–Kier alpha value is -0.940. The number of hydrogen-bond acceptors (Lipinski definition) is 4. The molecule has 5 nitrogen and oxygen atoms in total. The molecule has 1 aliphatic heterocycles. The predicted octanol–water partition coefficient (Wildman–Crippen LogP) is -1.05. The van der Waals surface area contributed by atoms with Crippen LogP contribution >= 0.6 is 0 Å². The van der Waals surface area contributed by atoms with E-state index in [0.29, 0.717) is 6.54 Å². The van der Waals surface area contributed by atoms with E-state index in [1.54, 1.807) is 4.90 Å². The van der Waals surface area contributed by atoms with Crippen LogP contribution in [0.5, 0.6) is 0 Å². The van der Waals surface area contributed by atoms with Crippen molar-refractivity contribution in [2.45, 2.75) is 6.17 Å². The molecule has 0 spiro atoms.